The molecule has 11 N–H and O–H groups in total. The van der Waals surface area contributed by atoms with E-state index in [1.165, 1.54) is 0 Å². The third-order valence-corrected chi connectivity index (χ3v) is 2.33. The number of aliphatic hydroxyl groups is 4. The molecule has 0 saturated carbocycles. The molecule has 8 nitrogen and oxygen atoms in total. The Labute approximate surface area is 175 Å². The van der Waals surface area contributed by atoms with Gasteiger partial charge in [0.25, 0.3) is 0 Å². The summed E-state index contributed by atoms with van der Waals surface area (Å²) in [6.07, 6.45) is 5.84. The van der Waals surface area contributed by atoms with E-state index in [-0.39, 0.29) is 34.4 Å². The van der Waals surface area contributed by atoms with Crippen LogP contribution >= 0.6 is 0 Å². The number of nitrogens with two attached hydrogens (primary N) is 3. The number of hydrogen-bond acceptors (Lipinski definition) is 8. The van der Waals surface area contributed by atoms with E-state index >= 15 is 0 Å². The van der Waals surface area contributed by atoms with Gasteiger partial charge in [0.1, 0.15) is 0 Å². The molecular formula is C17H46N4O4Ti. The van der Waals surface area contributed by atoms with Crippen molar-refractivity contribution >= 4 is 0 Å². The molecule has 0 rings (SSSR count). The van der Waals surface area contributed by atoms with Crippen molar-refractivity contribution in [2.45, 2.75) is 58.5 Å². The van der Waals surface area contributed by atoms with Crippen molar-refractivity contribution in [1.29, 1.82) is 0 Å². The molecule has 0 aromatic heterocycles. The van der Waals surface area contributed by atoms with Gasteiger partial charge >= 0.3 is 0 Å². The average molecular weight is 418 g/mol. The summed E-state index contributed by atoms with van der Waals surface area (Å²) in [6.45, 7) is 7.83. The minimum absolute atomic E-state index is 0. The molecule has 0 saturated heterocycles. The summed E-state index contributed by atoms with van der Waals surface area (Å²) in [5, 5.41) is 35.7. The molecule has 0 amide bonds. The zero-order valence-electron chi connectivity index (χ0n) is 17.0. The van der Waals surface area contributed by atoms with Crippen LogP contribution in [0.2, 0.25) is 0 Å². The largest absolute Gasteiger partial charge is 0.396 e. The minimum Gasteiger partial charge on any atom is -0.396 e. The number of nitrogens with one attached hydrogen (secondary N) is 1. The second-order valence-corrected chi connectivity index (χ2v) is 5.50. The van der Waals surface area contributed by atoms with Gasteiger partial charge < -0.3 is 42.9 Å². The fourth-order valence-electron chi connectivity index (χ4n) is 1.17. The minimum atomic E-state index is -0.167. The zero-order valence-corrected chi connectivity index (χ0v) is 18.6. The number of hydrogen-bond donors (Lipinski definition) is 8. The van der Waals surface area contributed by atoms with Gasteiger partial charge in [-0.1, -0.05) is 0 Å². The molecule has 0 spiro atoms. The SMILES string of the molecule is CC(C)O.NCCCCCO.NCCCCCO.NCCNCCO.[Ti]. The standard InChI is InChI=1S/2C5H13NO.C4H12N2O.C3H8O.Ti/c2*6-4-2-1-3-5-7;5-1-2-6-3-4-7;1-3(2)4;/h2*7H,1-6H2;6-7H,1-5H2;3-4H,1-2H3;. The van der Waals surface area contributed by atoms with Crippen molar-refractivity contribution in [1.82, 2.24) is 5.32 Å². The van der Waals surface area contributed by atoms with Crippen LogP contribution in [-0.4, -0.2) is 79.1 Å². The molecule has 0 aliphatic rings. The Morgan fingerprint density at radius 2 is 1.04 bits per heavy atom. The van der Waals surface area contributed by atoms with Crippen LogP contribution in [0.1, 0.15) is 52.4 Å². The van der Waals surface area contributed by atoms with Crippen molar-refractivity contribution in [3.63, 3.8) is 0 Å². The van der Waals surface area contributed by atoms with E-state index in [0.29, 0.717) is 26.3 Å². The van der Waals surface area contributed by atoms with Gasteiger partial charge in [0.15, 0.2) is 0 Å². The van der Waals surface area contributed by atoms with Crippen LogP contribution in [0.4, 0.5) is 0 Å². The predicted molar refractivity (Wildman–Crippen MR) is 106 cm³/mol. The second kappa shape index (κ2) is 44.7. The van der Waals surface area contributed by atoms with Crippen LogP contribution in [0, 0.1) is 0 Å². The van der Waals surface area contributed by atoms with Crippen molar-refractivity contribution < 1.29 is 42.1 Å². The van der Waals surface area contributed by atoms with E-state index in [4.69, 9.17) is 37.6 Å². The molecule has 0 heterocycles. The summed E-state index contributed by atoms with van der Waals surface area (Å²) in [4.78, 5) is 0. The van der Waals surface area contributed by atoms with E-state index in [0.717, 1.165) is 58.2 Å². The van der Waals surface area contributed by atoms with Gasteiger partial charge in [0.2, 0.25) is 0 Å². The first-order valence-corrected chi connectivity index (χ1v) is 9.29. The molecular weight excluding hydrogens is 372 g/mol. The Hall–Kier alpha value is 0.394. The molecule has 0 fully saturated rings. The first-order chi connectivity index (χ1) is 12.0. The van der Waals surface area contributed by atoms with E-state index in [9.17, 15) is 0 Å². The van der Waals surface area contributed by atoms with Gasteiger partial charge in [-0.2, -0.15) is 0 Å². The van der Waals surface area contributed by atoms with Crippen LogP contribution < -0.4 is 22.5 Å². The van der Waals surface area contributed by atoms with Crippen LogP contribution in [0.25, 0.3) is 0 Å². The Bertz CT molecular complexity index is 146. The molecule has 162 valence electrons. The van der Waals surface area contributed by atoms with Gasteiger partial charge in [-0.25, -0.2) is 0 Å². The Balaban J connectivity index is -0.0000000759. The van der Waals surface area contributed by atoms with Crippen LogP contribution in [0.3, 0.4) is 0 Å². The molecule has 0 atom stereocenters. The molecule has 0 radical (unpaired) electrons. The summed E-state index contributed by atoms with van der Waals surface area (Å²) >= 11 is 0. The number of unbranched alkanes of at least 4 members (excludes halogenated alkanes) is 4. The normalized spacial score (nSPS) is 9.00. The number of rotatable bonds is 12. The van der Waals surface area contributed by atoms with Gasteiger partial charge in [0.05, 0.1) is 6.61 Å². The topological polar surface area (TPSA) is 171 Å². The Morgan fingerprint density at radius 3 is 1.27 bits per heavy atom. The second-order valence-electron chi connectivity index (χ2n) is 5.50. The molecule has 9 heteroatoms. The molecule has 0 aliphatic carbocycles. The third-order valence-electron chi connectivity index (χ3n) is 2.33. The van der Waals surface area contributed by atoms with E-state index in [1.54, 1.807) is 13.8 Å². The van der Waals surface area contributed by atoms with Crippen molar-refractivity contribution in [2.24, 2.45) is 17.2 Å². The quantitative estimate of drug-likeness (QED) is 0.149. The van der Waals surface area contributed by atoms with Crippen LogP contribution in [-0.2, 0) is 21.7 Å². The van der Waals surface area contributed by atoms with Crippen molar-refractivity contribution in [3.8, 4) is 0 Å². The van der Waals surface area contributed by atoms with Gasteiger partial charge in [-0.05, 0) is 65.5 Å². The molecule has 0 aromatic carbocycles. The van der Waals surface area contributed by atoms with E-state index < -0.39 is 0 Å². The molecule has 0 aromatic rings. The maximum absolute atomic E-state index is 8.25. The Morgan fingerprint density at radius 1 is 0.654 bits per heavy atom. The zero-order chi connectivity index (χ0) is 20.2. The molecule has 0 unspecified atom stereocenters. The first-order valence-electron chi connectivity index (χ1n) is 9.29. The fraction of sp³-hybridized carbons (Fsp3) is 1.00. The fourth-order valence-corrected chi connectivity index (χ4v) is 1.17. The van der Waals surface area contributed by atoms with E-state index in [1.807, 2.05) is 0 Å². The third kappa shape index (κ3) is 86.9. The van der Waals surface area contributed by atoms with Gasteiger partial charge in [0, 0.05) is 60.7 Å². The molecule has 26 heavy (non-hydrogen) atoms. The monoisotopic (exact) mass is 418 g/mol. The smallest absolute Gasteiger partial charge is 0.0555 e. The van der Waals surface area contributed by atoms with Crippen molar-refractivity contribution in [3.05, 3.63) is 0 Å². The van der Waals surface area contributed by atoms with Crippen molar-refractivity contribution in [2.75, 3.05) is 52.5 Å². The van der Waals surface area contributed by atoms with Crippen LogP contribution in [0.15, 0.2) is 0 Å². The Kier molecular flexibility index (Phi) is 63.9. The summed E-state index contributed by atoms with van der Waals surface area (Å²) in [6, 6.07) is 0. The predicted octanol–water partition coefficient (Wildman–Crippen LogP) is -0.873. The van der Waals surface area contributed by atoms with E-state index in [2.05, 4.69) is 5.32 Å². The molecule has 0 bridgehead atoms. The summed E-state index contributed by atoms with van der Waals surface area (Å²) in [5.74, 6) is 0. The summed E-state index contributed by atoms with van der Waals surface area (Å²) < 4.78 is 0. The first kappa shape index (κ1) is 37.2. The summed E-state index contributed by atoms with van der Waals surface area (Å²) in [5.41, 5.74) is 15.5. The van der Waals surface area contributed by atoms with Gasteiger partial charge in [-0.3, -0.25) is 0 Å². The van der Waals surface area contributed by atoms with Gasteiger partial charge in [-0.15, -0.1) is 0 Å². The van der Waals surface area contributed by atoms with Crippen LogP contribution in [0.5, 0.6) is 0 Å². The average Bonchev–Trinajstić information content (AvgIpc) is 2.57. The molecule has 0 aliphatic heterocycles. The maximum atomic E-state index is 8.25. The maximum Gasteiger partial charge on any atom is 0.0555 e. The number of aliphatic hydroxyl groups excluding tert-OH is 4. The summed E-state index contributed by atoms with van der Waals surface area (Å²) in [7, 11) is 0.